The van der Waals surface area contributed by atoms with Crippen molar-refractivity contribution in [2.24, 2.45) is 0 Å². The molecule has 0 spiro atoms. The predicted octanol–water partition coefficient (Wildman–Crippen LogP) is 7.41. The molecular weight excluding hydrogens is 611 g/mol. The first-order valence-corrected chi connectivity index (χ1v) is 15.2. The van der Waals surface area contributed by atoms with Gasteiger partial charge < -0.3 is 29.0 Å². The van der Waals surface area contributed by atoms with Gasteiger partial charge in [-0.3, -0.25) is 4.57 Å². The quantitative estimate of drug-likeness (QED) is 0.198. The number of carbonyl (C=O) groups excluding carboxylic acids is 1. The highest BCUT2D eigenvalue weighted by Gasteiger charge is 2.43. The van der Waals surface area contributed by atoms with Crippen molar-refractivity contribution < 1.29 is 42.0 Å². The lowest BCUT2D eigenvalue weighted by Crippen LogP contribution is -2.48. The van der Waals surface area contributed by atoms with Gasteiger partial charge in [-0.05, 0) is 39.0 Å². The Morgan fingerprint density at radius 3 is 2.56 bits per heavy atom. The van der Waals surface area contributed by atoms with E-state index in [0.717, 1.165) is 30.2 Å². The Bertz CT molecular complexity index is 1770. The van der Waals surface area contributed by atoms with Gasteiger partial charge in [0.05, 0.1) is 23.7 Å². The zero-order chi connectivity index (χ0) is 32.1. The van der Waals surface area contributed by atoms with Crippen molar-refractivity contribution >= 4 is 28.3 Å². The number of fused-ring (bicyclic) bond motifs is 1. The number of alkyl halides is 3. The molecule has 0 unspecified atom stereocenters. The number of hydrogen-bond acceptors (Lipinski definition) is 9. The number of aliphatic hydroxyl groups is 1. The van der Waals surface area contributed by atoms with Gasteiger partial charge in [0.2, 0.25) is 5.88 Å². The van der Waals surface area contributed by atoms with Gasteiger partial charge in [-0.25, -0.2) is 9.78 Å². The van der Waals surface area contributed by atoms with Gasteiger partial charge in [-0.1, -0.05) is 18.2 Å². The van der Waals surface area contributed by atoms with Gasteiger partial charge in [0.1, 0.15) is 35.0 Å². The molecular formula is C32H32F3N3O6S. The summed E-state index contributed by atoms with van der Waals surface area (Å²) in [6, 6.07) is 12.3. The Kier molecular flexibility index (Phi) is 7.84. The van der Waals surface area contributed by atoms with E-state index in [1.807, 2.05) is 36.9 Å². The van der Waals surface area contributed by atoms with Crippen molar-refractivity contribution in [3.8, 4) is 16.5 Å². The minimum absolute atomic E-state index is 0.0420. The number of thiophene rings is 1. The Morgan fingerprint density at radius 2 is 1.89 bits per heavy atom. The van der Waals surface area contributed by atoms with E-state index in [2.05, 4.69) is 4.98 Å². The Labute approximate surface area is 261 Å². The average Bonchev–Trinajstić information content (AvgIpc) is 3.63. The minimum Gasteiger partial charge on any atom is -0.504 e. The van der Waals surface area contributed by atoms with Crippen LogP contribution < -0.4 is 9.47 Å². The van der Waals surface area contributed by atoms with Crippen LogP contribution >= 0.6 is 11.3 Å². The van der Waals surface area contributed by atoms with Crippen LogP contribution in [0.5, 0.6) is 11.5 Å². The molecule has 238 valence electrons. The van der Waals surface area contributed by atoms with E-state index in [9.17, 15) is 23.1 Å². The zero-order valence-corrected chi connectivity index (χ0v) is 25.9. The lowest BCUT2D eigenvalue weighted by atomic mass is 10.0. The summed E-state index contributed by atoms with van der Waals surface area (Å²) in [4.78, 5) is 19.3. The molecule has 45 heavy (non-hydrogen) atoms. The van der Waals surface area contributed by atoms with E-state index in [0.29, 0.717) is 40.8 Å². The number of esters is 1. The summed E-state index contributed by atoms with van der Waals surface area (Å²) in [5.41, 5.74) is -0.101. The second-order valence-electron chi connectivity index (χ2n) is 11.5. The van der Waals surface area contributed by atoms with Crippen molar-refractivity contribution in [3.05, 3.63) is 82.5 Å². The van der Waals surface area contributed by atoms with E-state index in [1.165, 1.54) is 32.2 Å². The zero-order valence-electron chi connectivity index (χ0n) is 25.1. The maximum atomic E-state index is 13.7. The molecule has 9 nitrogen and oxygen atoms in total. The standard InChI is InChI=1S/C32H32F3N3O6S/c1-18(21-7-5-6-8-22(21)32(33,34)35)42-25-16-26(45-27(25)30(40)41-4)38-17-36-23-10-9-20(15-24(23)38)43-19-11-13-37(14-12-19)29-28(39)31(2,3)44-29/h5-10,15-19,39H,11-14H2,1-4H3/t18-/m1/s1. The fraction of sp³-hybridized carbons (Fsp3) is 0.375. The summed E-state index contributed by atoms with van der Waals surface area (Å²) in [5.74, 6) is 0.876. The largest absolute Gasteiger partial charge is 0.504 e. The number of imidazole rings is 1. The number of aliphatic hydroxyl groups excluding tert-OH is 1. The van der Waals surface area contributed by atoms with Gasteiger partial charge in [0.15, 0.2) is 16.2 Å². The first-order chi connectivity index (χ1) is 21.4. The third-order valence-electron chi connectivity index (χ3n) is 7.98. The molecule has 13 heteroatoms. The summed E-state index contributed by atoms with van der Waals surface area (Å²) >= 11 is 1.08. The number of carbonyl (C=O) groups is 1. The summed E-state index contributed by atoms with van der Waals surface area (Å²) in [7, 11) is 1.23. The van der Waals surface area contributed by atoms with Crippen LogP contribution in [0.15, 0.2) is 66.5 Å². The second kappa shape index (κ2) is 11.5. The van der Waals surface area contributed by atoms with Gasteiger partial charge in [0.25, 0.3) is 0 Å². The SMILES string of the molecule is COC(=O)c1sc(-n2cnc3ccc(OC4CCN(C5=C(O)C(C)(C)O5)CC4)cc32)cc1O[C@H](C)c1ccccc1C(F)(F)F. The fourth-order valence-corrected chi connectivity index (χ4v) is 6.53. The number of aromatic nitrogens is 2. The second-order valence-corrected chi connectivity index (χ2v) is 12.5. The molecule has 1 N–H and O–H groups in total. The predicted molar refractivity (Wildman–Crippen MR) is 161 cm³/mol. The van der Waals surface area contributed by atoms with Gasteiger partial charge in [-0.2, -0.15) is 13.2 Å². The maximum absolute atomic E-state index is 13.7. The molecule has 1 atom stereocenters. The molecule has 0 radical (unpaired) electrons. The number of methoxy groups -OCH3 is 1. The molecule has 0 saturated carbocycles. The monoisotopic (exact) mass is 643 g/mol. The number of ether oxygens (including phenoxy) is 4. The molecule has 2 aliphatic heterocycles. The van der Waals surface area contributed by atoms with E-state index < -0.39 is 29.4 Å². The normalized spacial score (nSPS) is 17.5. The van der Waals surface area contributed by atoms with Gasteiger partial charge in [-0.15, -0.1) is 11.3 Å². The van der Waals surface area contributed by atoms with Crippen LogP contribution in [0.3, 0.4) is 0 Å². The molecule has 1 fully saturated rings. The molecule has 1 saturated heterocycles. The van der Waals surface area contributed by atoms with Crippen molar-refractivity contribution in [1.29, 1.82) is 0 Å². The molecule has 6 rings (SSSR count). The number of halogens is 3. The summed E-state index contributed by atoms with van der Waals surface area (Å²) in [5, 5.41) is 10.8. The third kappa shape index (κ3) is 5.88. The van der Waals surface area contributed by atoms with E-state index in [1.54, 1.807) is 17.0 Å². The number of piperidine rings is 1. The van der Waals surface area contributed by atoms with Crippen molar-refractivity contribution in [1.82, 2.24) is 14.5 Å². The molecule has 4 aromatic rings. The molecule has 0 amide bonds. The Hall–Kier alpha value is -4.39. The first kappa shape index (κ1) is 30.6. The Balaban J connectivity index is 1.22. The number of rotatable bonds is 8. The van der Waals surface area contributed by atoms with E-state index in [4.69, 9.17) is 18.9 Å². The smallest absolute Gasteiger partial charge is 0.416 e. The number of nitrogens with zero attached hydrogens (tertiary/aromatic N) is 3. The van der Waals surface area contributed by atoms with Gasteiger partial charge in [0, 0.05) is 43.6 Å². The number of likely N-dealkylation sites (tertiary alicyclic amines) is 1. The fourth-order valence-electron chi connectivity index (χ4n) is 5.54. The highest BCUT2D eigenvalue weighted by Crippen LogP contribution is 2.41. The first-order valence-electron chi connectivity index (χ1n) is 14.4. The maximum Gasteiger partial charge on any atom is 0.416 e. The van der Waals surface area contributed by atoms with Crippen LogP contribution in [0.2, 0.25) is 0 Å². The molecule has 4 heterocycles. The Morgan fingerprint density at radius 1 is 1.16 bits per heavy atom. The lowest BCUT2D eigenvalue weighted by molar-refractivity contribution is -0.139. The molecule has 0 bridgehead atoms. The molecule has 2 aliphatic rings. The summed E-state index contributed by atoms with van der Waals surface area (Å²) in [6.45, 7) is 6.51. The number of hydrogen-bond donors (Lipinski definition) is 1. The van der Waals surface area contributed by atoms with E-state index in [-0.39, 0.29) is 28.1 Å². The van der Waals surface area contributed by atoms with Crippen molar-refractivity contribution in [2.75, 3.05) is 20.2 Å². The summed E-state index contributed by atoms with van der Waals surface area (Å²) in [6.07, 6.45) is -2.54. The minimum atomic E-state index is -4.56. The van der Waals surface area contributed by atoms with Crippen molar-refractivity contribution in [3.63, 3.8) is 0 Å². The molecule has 2 aromatic carbocycles. The summed E-state index contributed by atoms with van der Waals surface area (Å²) < 4.78 is 65.8. The lowest BCUT2D eigenvalue weighted by Gasteiger charge is -2.44. The number of benzene rings is 2. The molecule has 0 aliphatic carbocycles. The third-order valence-corrected chi connectivity index (χ3v) is 9.07. The van der Waals surface area contributed by atoms with Crippen molar-refractivity contribution in [2.45, 2.75) is 57.6 Å². The van der Waals surface area contributed by atoms with Crippen LogP contribution in [0.25, 0.3) is 16.0 Å². The van der Waals surface area contributed by atoms with Crippen LogP contribution in [0.1, 0.15) is 60.5 Å². The highest BCUT2D eigenvalue weighted by atomic mass is 32.1. The van der Waals surface area contributed by atoms with Crippen LogP contribution in [0.4, 0.5) is 13.2 Å². The highest BCUT2D eigenvalue weighted by molar-refractivity contribution is 7.16. The average molecular weight is 644 g/mol. The topological polar surface area (TPSA) is 95.3 Å². The van der Waals surface area contributed by atoms with Crippen LogP contribution in [0, 0.1) is 0 Å². The van der Waals surface area contributed by atoms with Crippen LogP contribution in [-0.4, -0.2) is 57.4 Å². The van der Waals surface area contributed by atoms with Gasteiger partial charge >= 0.3 is 12.1 Å². The van der Waals surface area contributed by atoms with Crippen LogP contribution in [-0.2, 0) is 15.7 Å². The van der Waals surface area contributed by atoms with E-state index >= 15 is 0 Å². The molecule has 2 aromatic heterocycles.